The molecule has 1 aliphatic carbocycles. The third kappa shape index (κ3) is 4.41. The predicted molar refractivity (Wildman–Crippen MR) is 90.0 cm³/mol. The van der Waals surface area contributed by atoms with Crippen LogP contribution in [-0.2, 0) is 24.3 Å². The summed E-state index contributed by atoms with van der Waals surface area (Å²) in [6.45, 7) is 1.19. The number of benzene rings is 1. The second-order valence-electron chi connectivity index (χ2n) is 6.40. The molecule has 0 bridgehead atoms. The van der Waals surface area contributed by atoms with Crippen molar-refractivity contribution in [2.24, 2.45) is 5.92 Å². The molecule has 1 aliphatic rings. The Balaban J connectivity index is 1.49. The zero-order valence-electron chi connectivity index (χ0n) is 13.8. The third-order valence-electron chi connectivity index (χ3n) is 4.67. The lowest BCUT2D eigenvalue weighted by Gasteiger charge is -2.24. The highest BCUT2D eigenvalue weighted by Gasteiger charge is 2.25. The first-order chi connectivity index (χ1) is 11.7. The van der Waals surface area contributed by atoms with E-state index >= 15 is 0 Å². The second-order valence-corrected chi connectivity index (χ2v) is 6.40. The number of aryl methyl sites for hydroxylation is 2. The summed E-state index contributed by atoms with van der Waals surface area (Å²) in [5, 5.41) is 20.6. The van der Waals surface area contributed by atoms with Crippen LogP contribution in [0.25, 0.3) is 0 Å². The van der Waals surface area contributed by atoms with Crippen LogP contribution in [0, 0.1) is 5.92 Å². The molecule has 24 heavy (non-hydrogen) atoms. The second kappa shape index (κ2) is 8.06. The van der Waals surface area contributed by atoms with E-state index in [0.717, 1.165) is 31.6 Å². The number of aliphatic hydroxyl groups is 1. The summed E-state index contributed by atoms with van der Waals surface area (Å²) in [5.41, 5.74) is 1.27. The van der Waals surface area contributed by atoms with Crippen LogP contribution < -0.4 is 5.32 Å². The zero-order valence-corrected chi connectivity index (χ0v) is 13.8. The van der Waals surface area contributed by atoms with Gasteiger partial charge in [-0.2, -0.15) is 0 Å². The zero-order chi connectivity index (χ0) is 16.8. The first-order valence-electron chi connectivity index (χ1n) is 8.59. The predicted octanol–water partition coefficient (Wildman–Crippen LogP) is 1.69. The molecule has 3 rings (SSSR count). The van der Waals surface area contributed by atoms with Crippen LogP contribution in [0.1, 0.15) is 37.1 Å². The van der Waals surface area contributed by atoms with Gasteiger partial charge in [-0.05, 0) is 37.7 Å². The Morgan fingerprint density at radius 3 is 2.71 bits per heavy atom. The summed E-state index contributed by atoms with van der Waals surface area (Å²) in [6, 6.07) is 10.3. The lowest BCUT2D eigenvalue weighted by molar-refractivity contribution is -0.126. The molecule has 1 aromatic heterocycles. The summed E-state index contributed by atoms with van der Waals surface area (Å²) >= 11 is 0. The maximum absolute atomic E-state index is 12.2. The molecule has 128 valence electrons. The topological polar surface area (TPSA) is 80.0 Å². The van der Waals surface area contributed by atoms with Crippen molar-refractivity contribution in [3.05, 3.63) is 48.0 Å². The lowest BCUT2D eigenvalue weighted by Crippen LogP contribution is -2.34. The van der Waals surface area contributed by atoms with Crippen molar-refractivity contribution in [3.8, 4) is 0 Å². The van der Waals surface area contributed by atoms with E-state index in [-0.39, 0.29) is 17.9 Å². The highest BCUT2D eigenvalue weighted by atomic mass is 16.3. The standard InChI is InChI=1S/C18H24N4O2/c23-16-8-6-15(7-9-16)18(24)19-12-17-21-20-13-22(17)11-10-14-4-2-1-3-5-14/h1-5,13,15-16,23H,6-12H2,(H,19,24). The van der Waals surface area contributed by atoms with Crippen LogP contribution in [0.4, 0.5) is 0 Å². The molecule has 0 unspecified atom stereocenters. The SMILES string of the molecule is O=C(NCc1nncn1CCc1ccccc1)C1CCC(O)CC1. The Hall–Kier alpha value is -2.21. The summed E-state index contributed by atoms with van der Waals surface area (Å²) in [7, 11) is 0. The van der Waals surface area contributed by atoms with E-state index in [0.29, 0.717) is 19.4 Å². The summed E-state index contributed by atoms with van der Waals surface area (Å²) in [5.74, 6) is 0.837. The number of carbonyl (C=O) groups excluding carboxylic acids is 1. The molecular formula is C18H24N4O2. The van der Waals surface area contributed by atoms with Crippen molar-refractivity contribution >= 4 is 5.91 Å². The molecule has 0 saturated heterocycles. The van der Waals surface area contributed by atoms with Crippen molar-refractivity contribution in [2.75, 3.05) is 0 Å². The van der Waals surface area contributed by atoms with Gasteiger partial charge in [-0.15, -0.1) is 10.2 Å². The average molecular weight is 328 g/mol. The van der Waals surface area contributed by atoms with Crippen LogP contribution >= 0.6 is 0 Å². The summed E-state index contributed by atoms with van der Waals surface area (Å²) in [6.07, 6.45) is 5.31. The van der Waals surface area contributed by atoms with Crippen molar-refractivity contribution < 1.29 is 9.90 Å². The minimum atomic E-state index is -0.241. The van der Waals surface area contributed by atoms with Gasteiger partial charge in [0.15, 0.2) is 5.82 Å². The normalized spacial score (nSPS) is 20.7. The Morgan fingerprint density at radius 2 is 1.96 bits per heavy atom. The van der Waals surface area contributed by atoms with Gasteiger partial charge in [-0.1, -0.05) is 30.3 Å². The van der Waals surface area contributed by atoms with Crippen LogP contribution in [0.5, 0.6) is 0 Å². The van der Waals surface area contributed by atoms with E-state index in [2.05, 4.69) is 27.6 Å². The maximum atomic E-state index is 12.2. The number of carbonyl (C=O) groups is 1. The van der Waals surface area contributed by atoms with Gasteiger partial charge in [0, 0.05) is 12.5 Å². The molecule has 1 saturated carbocycles. The number of rotatable bonds is 6. The van der Waals surface area contributed by atoms with Gasteiger partial charge in [0.25, 0.3) is 0 Å². The Labute approximate surface area is 141 Å². The Morgan fingerprint density at radius 1 is 1.21 bits per heavy atom. The molecule has 6 heteroatoms. The molecule has 6 nitrogen and oxygen atoms in total. The van der Waals surface area contributed by atoms with Crippen molar-refractivity contribution in [1.82, 2.24) is 20.1 Å². The molecule has 1 aromatic carbocycles. The maximum Gasteiger partial charge on any atom is 0.223 e. The molecule has 0 aliphatic heterocycles. The summed E-state index contributed by atoms with van der Waals surface area (Å²) in [4.78, 5) is 12.2. The van der Waals surface area contributed by atoms with E-state index in [1.54, 1.807) is 6.33 Å². The molecule has 0 spiro atoms. The third-order valence-corrected chi connectivity index (χ3v) is 4.67. The van der Waals surface area contributed by atoms with E-state index in [1.165, 1.54) is 5.56 Å². The number of nitrogens with one attached hydrogen (secondary N) is 1. The molecule has 1 heterocycles. The van der Waals surface area contributed by atoms with Gasteiger partial charge in [0.2, 0.25) is 5.91 Å². The quantitative estimate of drug-likeness (QED) is 0.845. The smallest absolute Gasteiger partial charge is 0.223 e. The highest BCUT2D eigenvalue weighted by molar-refractivity contribution is 5.78. The number of hydrogen-bond donors (Lipinski definition) is 2. The molecule has 1 amide bonds. The minimum Gasteiger partial charge on any atom is -0.393 e. The molecule has 0 radical (unpaired) electrons. The largest absolute Gasteiger partial charge is 0.393 e. The van der Waals surface area contributed by atoms with Gasteiger partial charge >= 0.3 is 0 Å². The highest BCUT2D eigenvalue weighted by Crippen LogP contribution is 2.24. The number of amides is 1. The number of nitrogens with zero attached hydrogens (tertiary/aromatic N) is 3. The molecule has 0 atom stereocenters. The van der Waals surface area contributed by atoms with Gasteiger partial charge < -0.3 is 15.0 Å². The molecule has 2 aromatic rings. The Bertz CT molecular complexity index is 648. The first-order valence-corrected chi connectivity index (χ1v) is 8.59. The van der Waals surface area contributed by atoms with Gasteiger partial charge in [-0.25, -0.2) is 0 Å². The van der Waals surface area contributed by atoms with E-state index < -0.39 is 0 Å². The van der Waals surface area contributed by atoms with E-state index in [4.69, 9.17) is 0 Å². The molecule has 1 fully saturated rings. The fraction of sp³-hybridized carbons (Fsp3) is 0.500. The van der Waals surface area contributed by atoms with E-state index in [1.807, 2.05) is 22.8 Å². The molecular weight excluding hydrogens is 304 g/mol. The van der Waals surface area contributed by atoms with Crippen molar-refractivity contribution in [1.29, 1.82) is 0 Å². The van der Waals surface area contributed by atoms with Crippen LogP contribution in [0.15, 0.2) is 36.7 Å². The summed E-state index contributed by atoms with van der Waals surface area (Å²) < 4.78 is 1.98. The minimum absolute atomic E-state index is 0.00842. The van der Waals surface area contributed by atoms with Gasteiger partial charge in [0.1, 0.15) is 6.33 Å². The fourth-order valence-corrected chi connectivity index (χ4v) is 3.15. The Kier molecular flexibility index (Phi) is 5.59. The average Bonchev–Trinajstić information content (AvgIpc) is 3.07. The van der Waals surface area contributed by atoms with Crippen LogP contribution in [0.2, 0.25) is 0 Å². The number of aliphatic hydroxyl groups excluding tert-OH is 1. The van der Waals surface area contributed by atoms with Crippen LogP contribution in [0.3, 0.4) is 0 Å². The van der Waals surface area contributed by atoms with E-state index in [9.17, 15) is 9.90 Å². The van der Waals surface area contributed by atoms with Gasteiger partial charge in [0.05, 0.1) is 12.6 Å². The van der Waals surface area contributed by atoms with Crippen LogP contribution in [-0.4, -0.2) is 31.9 Å². The van der Waals surface area contributed by atoms with Crippen molar-refractivity contribution in [2.45, 2.75) is 51.3 Å². The van der Waals surface area contributed by atoms with Gasteiger partial charge in [-0.3, -0.25) is 4.79 Å². The molecule has 2 N–H and O–H groups in total. The fourth-order valence-electron chi connectivity index (χ4n) is 3.15. The lowest BCUT2D eigenvalue weighted by atomic mass is 9.87. The first kappa shape index (κ1) is 16.6. The number of aromatic nitrogens is 3. The van der Waals surface area contributed by atoms with Crippen molar-refractivity contribution in [3.63, 3.8) is 0 Å². The number of hydrogen-bond acceptors (Lipinski definition) is 4. The monoisotopic (exact) mass is 328 g/mol.